The van der Waals surface area contributed by atoms with Gasteiger partial charge in [-0.05, 0) is 25.7 Å². The molecule has 1 aliphatic rings. The highest BCUT2D eigenvalue weighted by molar-refractivity contribution is 5.89. The molecule has 0 aromatic rings. The Hall–Kier alpha value is -1.05. The molecule has 0 heterocycles. The van der Waals surface area contributed by atoms with Crippen LogP contribution < -0.4 is 0 Å². The fourth-order valence-electron chi connectivity index (χ4n) is 1.45. The topological polar surface area (TPSA) is 37.3 Å². The van der Waals surface area contributed by atoms with Crippen molar-refractivity contribution in [2.24, 2.45) is 0 Å². The van der Waals surface area contributed by atoms with Gasteiger partial charge in [0.1, 0.15) is 0 Å². The van der Waals surface area contributed by atoms with Gasteiger partial charge in [0.05, 0.1) is 5.57 Å². The van der Waals surface area contributed by atoms with E-state index in [4.69, 9.17) is 5.11 Å². The zero-order valence-corrected chi connectivity index (χ0v) is 7.83. The van der Waals surface area contributed by atoms with Crippen LogP contribution in [-0.4, -0.2) is 11.1 Å². The Balaban J connectivity index is 2.60. The SMILES string of the molecule is O=C(O)C1=C/CCCCCC\C=C\1. The van der Waals surface area contributed by atoms with E-state index in [2.05, 4.69) is 0 Å². The maximum atomic E-state index is 10.7. The summed E-state index contributed by atoms with van der Waals surface area (Å²) >= 11 is 0. The van der Waals surface area contributed by atoms with E-state index in [0.717, 1.165) is 19.3 Å². The van der Waals surface area contributed by atoms with Crippen molar-refractivity contribution in [3.8, 4) is 0 Å². The summed E-state index contributed by atoms with van der Waals surface area (Å²) in [5.41, 5.74) is 0.446. The van der Waals surface area contributed by atoms with Crippen LogP contribution in [0.3, 0.4) is 0 Å². The average Bonchev–Trinajstić information content (AvgIpc) is 2.14. The van der Waals surface area contributed by atoms with Crippen molar-refractivity contribution in [1.82, 2.24) is 0 Å². The number of rotatable bonds is 1. The van der Waals surface area contributed by atoms with Crippen LogP contribution in [0.5, 0.6) is 0 Å². The zero-order valence-electron chi connectivity index (χ0n) is 7.83. The molecule has 0 saturated heterocycles. The Morgan fingerprint density at radius 1 is 1.15 bits per heavy atom. The molecule has 0 amide bonds. The summed E-state index contributed by atoms with van der Waals surface area (Å²) in [5, 5.41) is 8.80. The van der Waals surface area contributed by atoms with E-state index in [1.54, 1.807) is 6.08 Å². The van der Waals surface area contributed by atoms with Gasteiger partial charge in [-0.25, -0.2) is 4.79 Å². The van der Waals surface area contributed by atoms with E-state index in [-0.39, 0.29) is 0 Å². The summed E-state index contributed by atoms with van der Waals surface area (Å²) in [6.45, 7) is 0. The number of carbonyl (C=O) groups is 1. The van der Waals surface area contributed by atoms with Crippen LogP contribution in [0.15, 0.2) is 23.8 Å². The number of carboxylic acid groups (broad SMARTS) is 1. The van der Waals surface area contributed by atoms with E-state index in [1.807, 2.05) is 12.2 Å². The van der Waals surface area contributed by atoms with Crippen LogP contribution in [0.1, 0.15) is 38.5 Å². The largest absolute Gasteiger partial charge is 0.478 e. The second-order valence-corrected chi connectivity index (χ2v) is 3.36. The van der Waals surface area contributed by atoms with E-state index in [0.29, 0.717) is 5.57 Å². The van der Waals surface area contributed by atoms with Crippen molar-refractivity contribution >= 4 is 5.97 Å². The first-order valence-corrected chi connectivity index (χ1v) is 4.90. The van der Waals surface area contributed by atoms with Crippen molar-refractivity contribution in [2.75, 3.05) is 0 Å². The average molecular weight is 180 g/mol. The van der Waals surface area contributed by atoms with Crippen LogP contribution in [0.2, 0.25) is 0 Å². The normalized spacial score (nSPS) is 25.7. The number of hydrogen-bond acceptors (Lipinski definition) is 1. The van der Waals surface area contributed by atoms with E-state index >= 15 is 0 Å². The molecular weight excluding hydrogens is 164 g/mol. The summed E-state index contributed by atoms with van der Waals surface area (Å²) in [6.07, 6.45) is 12.2. The summed E-state index contributed by atoms with van der Waals surface area (Å²) in [6, 6.07) is 0. The minimum Gasteiger partial charge on any atom is -0.478 e. The molecule has 2 nitrogen and oxygen atoms in total. The van der Waals surface area contributed by atoms with Crippen molar-refractivity contribution in [2.45, 2.75) is 38.5 Å². The lowest BCUT2D eigenvalue weighted by molar-refractivity contribution is -0.132. The monoisotopic (exact) mass is 180 g/mol. The second kappa shape index (κ2) is 5.57. The molecule has 0 aromatic heterocycles. The van der Waals surface area contributed by atoms with Crippen LogP contribution in [-0.2, 0) is 4.79 Å². The van der Waals surface area contributed by atoms with Gasteiger partial charge in [0.15, 0.2) is 0 Å². The molecule has 0 bridgehead atoms. The number of allylic oxidation sites excluding steroid dienone is 2. The van der Waals surface area contributed by atoms with Gasteiger partial charge < -0.3 is 5.11 Å². The molecular formula is C11H16O2. The molecule has 0 radical (unpaired) electrons. The van der Waals surface area contributed by atoms with Gasteiger partial charge in [0, 0.05) is 0 Å². The maximum Gasteiger partial charge on any atom is 0.335 e. The highest BCUT2D eigenvalue weighted by atomic mass is 16.4. The van der Waals surface area contributed by atoms with Gasteiger partial charge >= 0.3 is 5.97 Å². The number of hydrogen-bond donors (Lipinski definition) is 1. The Labute approximate surface area is 79.0 Å². The third-order valence-electron chi connectivity index (χ3n) is 2.23. The minimum absolute atomic E-state index is 0.446. The van der Waals surface area contributed by atoms with E-state index in [9.17, 15) is 4.79 Å². The quantitative estimate of drug-likeness (QED) is 0.673. The Bertz CT molecular complexity index is 226. The first kappa shape index (κ1) is 10.0. The third kappa shape index (κ3) is 3.92. The molecule has 1 rings (SSSR count). The molecule has 0 aliphatic heterocycles. The molecule has 1 N–H and O–H groups in total. The molecule has 13 heavy (non-hydrogen) atoms. The smallest absolute Gasteiger partial charge is 0.335 e. The second-order valence-electron chi connectivity index (χ2n) is 3.36. The predicted molar refractivity (Wildman–Crippen MR) is 52.6 cm³/mol. The van der Waals surface area contributed by atoms with Crippen LogP contribution >= 0.6 is 0 Å². The molecule has 0 unspecified atom stereocenters. The number of aliphatic carboxylic acids is 1. The first-order valence-electron chi connectivity index (χ1n) is 4.90. The lowest BCUT2D eigenvalue weighted by Crippen LogP contribution is -1.98. The lowest BCUT2D eigenvalue weighted by Gasteiger charge is -2.01. The first-order chi connectivity index (χ1) is 6.30. The van der Waals surface area contributed by atoms with Crippen molar-refractivity contribution in [3.63, 3.8) is 0 Å². The summed E-state index contributed by atoms with van der Waals surface area (Å²) in [7, 11) is 0. The fourth-order valence-corrected chi connectivity index (χ4v) is 1.45. The third-order valence-corrected chi connectivity index (χ3v) is 2.23. The highest BCUT2D eigenvalue weighted by Crippen LogP contribution is 2.11. The molecule has 0 atom stereocenters. The molecule has 72 valence electrons. The lowest BCUT2D eigenvalue weighted by atomic mass is 10.1. The Morgan fingerprint density at radius 3 is 2.54 bits per heavy atom. The molecule has 0 aromatic carbocycles. The van der Waals surface area contributed by atoms with Gasteiger partial charge in [-0.15, -0.1) is 0 Å². The van der Waals surface area contributed by atoms with Crippen LogP contribution in [0.25, 0.3) is 0 Å². The predicted octanol–water partition coefficient (Wildman–Crippen LogP) is 2.91. The van der Waals surface area contributed by atoms with Crippen LogP contribution in [0.4, 0.5) is 0 Å². The van der Waals surface area contributed by atoms with Gasteiger partial charge in [-0.2, -0.15) is 0 Å². The van der Waals surface area contributed by atoms with Crippen molar-refractivity contribution in [1.29, 1.82) is 0 Å². The Morgan fingerprint density at radius 2 is 1.85 bits per heavy atom. The number of carboxylic acids is 1. The highest BCUT2D eigenvalue weighted by Gasteiger charge is 2.02. The molecule has 0 saturated carbocycles. The Kier molecular flexibility index (Phi) is 4.30. The van der Waals surface area contributed by atoms with Gasteiger partial charge in [-0.3, -0.25) is 0 Å². The summed E-state index contributed by atoms with van der Waals surface area (Å²) in [4.78, 5) is 10.7. The fraction of sp³-hybridized carbons (Fsp3) is 0.545. The summed E-state index contributed by atoms with van der Waals surface area (Å²) in [5.74, 6) is -0.808. The minimum atomic E-state index is -0.808. The van der Waals surface area contributed by atoms with Gasteiger partial charge in [0.25, 0.3) is 0 Å². The van der Waals surface area contributed by atoms with Crippen molar-refractivity contribution < 1.29 is 9.90 Å². The van der Waals surface area contributed by atoms with E-state index in [1.165, 1.54) is 19.3 Å². The zero-order chi connectivity index (χ0) is 9.52. The van der Waals surface area contributed by atoms with Gasteiger partial charge in [-0.1, -0.05) is 31.1 Å². The van der Waals surface area contributed by atoms with Crippen molar-refractivity contribution in [3.05, 3.63) is 23.8 Å². The molecule has 0 fully saturated rings. The van der Waals surface area contributed by atoms with Crippen LogP contribution in [0, 0.1) is 0 Å². The molecule has 2 heteroatoms. The maximum absolute atomic E-state index is 10.7. The molecule has 1 aliphatic carbocycles. The molecule has 0 spiro atoms. The summed E-state index contributed by atoms with van der Waals surface area (Å²) < 4.78 is 0. The standard InChI is InChI=1S/C11H16O2/c12-11(13)10-8-6-4-2-1-3-5-7-9-10/h6,8-9H,1-5,7H2,(H,12,13)/b8-6+,10-9+. The van der Waals surface area contributed by atoms with Gasteiger partial charge in [0.2, 0.25) is 0 Å². The van der Waals surface area contributed by atoms with E-state index < -0.39 is 5.97 Å².